The van der Waals surface area contributed by atoms with E-state index in [1.165, 1.54) is 0 Å². The van der Waals surface area contributed by atoms with Gasteiger partial charge in [0.2, 0.25) is 0 Å². The lowest BCUT2D eigenvalue weighted by molar-refractivity contribution is 1.07. The Hall–Kier alpha value is -0.550. The number of alkyl halides is 1. The largest absolute Gasteiger partial charge is 0.267 e. The van der Waals surface area contributed by atoms with Crippen molar-refractivity contribution in [1.29, 1.82) is 0 Å². The summed E-state index contributed by atoms with van der Waals surface area (Å²) in [6, 6.07) is 0. The Labute approximate surface area is 75.7 Å². The molecule has 0 N–H and O–H groups in total. The van der Waals surface area contributed by atoms with Gasteiger partial charge in [-0.05, 0) is 6.42 Å². The van der Waals surface area contributed by atoms with Crippen molar-refractivity contribution in [1.82, 2.24) is 0 Å². The zero-order chi connectivity index (χ0) is 8.10. The number of halogens is 1. The fraction of sp³-hybridized carbons (Fsp3) is 0.444. The van der Waals surface area contributed by atoms with Gasteiger partial charge in [-0.1, -0.05) is 34.7 Å². The lowest BCUT2D eigenvalue weighted by Crippen LogP contribution is -2.03. The first-order chi connectivity index (χ1) is 5.33. The van der Waals surface area contributed by atoms with E-state index in [1.54, 1.807) is 0 Å². The molecule has 0 saturated carbocycles. The van der Waals surface area contributed by atoms with E-state index in [4.69, 9.17) is 0 Å². The number of allylic oxidation sites excluding steroid dienone is 1. The Kier molecular flexibility index (Phi) is 3.38. The zero-order valence-electron chi connectivity index (χ0n) is 6.47. The third-order valence-corrected chi connectivity index (χ3v) is 1.88. The molecule has 0 aromatic heterocycles. The van der Waals surface area contributed by atoms with Crippen LogP contribution in [0.2, 0.25) is 0 Å². The topological polar surface area (TPSA) is 12.4 Å². The highest BCUT2D eigenvalue weighted by Crippen LogP contribution is 2.14. The number of aliphatic imine (C=N–C) groups is 1. The van der Waals surface area contributed by atoms with Gasteiger partial charge in [-0.2, -0.15) is 0 Å². The molecule has 1 rings (SSSR count). The first kappa shape index (κ1) is 8.55. The fourth-order valence-electron chi connectivity index (χ4n) is 0.827. The number of hydrogen-bond donors (Lipinski definition) is 0. The van der Waals surface area contributed by atoms with Gasteiger partial charge in [-0.25, -0.2) is 0 Å². The van der Waals surface area contributed by atoms with Gasteiger partial charge in [0.1, 0.15) is 0 Å². The third kappa shape index (κ3) is 2.90. The standard InChI is InChI=1S/C9H10BrN/c1-2-3-4-8-5-9(10)7-11-6-8/h6-7,9H,2,5H2,1H3. The van der Waals surface area contributed by atoms with Crippen molar-refractivity contribution in [2.75, 3.05) is 0 Å². The molecule has 0 radical (unpaired) electrons. The lowest BCUT2D eigenvalue weighted by Gasteiger charge is -2.05. The molecule has 58 valence electrons. The quantitative estimate of drug-likeness (QED) is 0.432. The Morgan fingerprint density at radius 1 is 1.82 bits per heavy atom. The summed E-state index contributed by atoms with van der Waals surface area (Å²) < 4.78 is 0. The highest BCUT2D eigenvalue weighted by Gasteiger charge is 2.05. The summed E-state index contributed by atoms with van der Waals surface area (Å²) in [5.41, 5.74) is 1.12. The molecular formula is C9H10BrN. The van der Waals surface area contributed by atoms with Crippen LogP contribution in [0.4, 0.5) is 0 Å². The normalized spacial score (nSPS) is 22.0. The molecule has 0 bridgehead atoms. The number of rotatable bonds is 0. The molecule has 0 saturated heterocycles. The van der Waals surface area contributed by atoms with Crippen molar-refractivity contribution in [3.8, 4) is 11.8 Å². The molecule has 11 heavy (non-hydrogen) atoms. The van der Waals surface area contributed by atoms with Gasteiger partial charge >= 0.3 is 0 Å². The fourth-order valence-corrected chi connectivity index (χ4v) is 1.31. The Morgan fingerprint density at radius 3 is 3.27 bits per heavy atom. The Bertz CT molecular complexity index is 242. The Balaban J connectivity index is 2.59. The zero-order valence-corrected chi connectivity index (χ0v) is 8.06. The smallest absolute Gasteiger partial charge is 0.0545 e. The van der Waals surface area contributed by atoms with Crippen molar-refractivity contribution in [2.24, 2.45) is 4.99 Å². The van der Waals surface area contributed by atoms with E-state index in [0.29, 0.717) is 4.83 Å². The van der Waals surface area contributed by atoms with Crippen LogP contribution in [0.15, 0.2) is 16.8 Å². The minimum atomic E-state index is 0.369. The molecule has 0 aliphatic carbocycles. The van der Waals surface area contributed by atoms with Crippen molar-refractivity contribution < 1.29 is 0 Å². The molecule has 0 fully saturated rings. The highest BCUT2D eigenvalue weighted by molar-refractivity contribution is 9.10. The average Bonchev–Trinajstić information content (AvgIpc) is 2.01. The predicted molar refractivity (Wildman–Crippen MR) is 52.0 cm³/mol. The van der Waals surface area contributed by atoms with Crippen molar-refractivity contribution >= 4 is 22.1 Å². The summed E-state index contributed by atoms with van der Waals surface area (Å²) in [5.74, 6) is 6.09. The van der Waals surface area contributed by atoms with Crippen LogP contribution in [0.25, 0.3) is 0 Å². The molecule has 0 aromatic rings. The maximum atomic E-state index is 4.06. The monoisotopic (exact) mass is 211 g/mol. The van der Waals surface area contributed by atoms with Crippen molar-refractivity contribution in [2.45, 2.75) is 24.6 Å². The Morgan fingerprint density at radius 2 is 2.64 bits per heavy atom. The van der Waals surface area contributed by atoms with Gasteiger partial charge < -0.3 is 0 Å². The van der Waals surface area contributed by atoms with Gasteiger partial charge in [0, 0.05) is 24.4 Å². The van der Waals surface area contributed by atoms with Crippen LogP contribution >= 0.6 is 15.9 Å². The summed E-state index contributed by atoms with van der Waals surface area (Å²) in [4.78, 5) is 4.43. The maximum Gasteiger partial charge on any atom is 0.0545 e. The molecule has 1 unspecified atom stereocenters. The van der Waals surface area contributed by atoms with Crippen LogP contribution in [-0.4, -0.2) is 11.0 Å². The van der Waals surface area contributed by atoms with Crippen molar-refractivity contribution in [3.63, 3.8) is 0 Å². The summed E-state index contributed by atoms with van der Waals surface area (Å²) in [6.07, 6.45) is 5.60. The molecule has 1 aliphatic heterocycles. The molecule has 1 heterocycles. The van der Waals surface area contributed by atoms with E-state index < -0.39 is 0 Å². The van der Waals surface area contributed by atoms with Gasteiger partial charge in [0.05, 0.1) is 4.83 Å². The van der Waals surface area contributed by atoms with E-state index >= 15 is 0 Å². The second-order valence-corrected chi connectivity index (χ2v) is 3.50. The first-order valence-corrected chi connectivity index (χ1v) is 4.59. The molecule has 1 nitrogen and oxygen atoms in total. The lowest BCUT2D eigenvalue weighted by atomic mass is 10.1. The maximum absolute atomic E-state index is 4.06. The molecule has 0 amide bonds. The summed E-state index contributed by atoms with van der Waals surface area (Å²) >= 11 is 3.46. The molecule has 1 atom stereocenters. The summed E-state index contributed by atoms with van der Waals surface area (Å²) in [5, 5.41) is 0. The second kappa shape index (κ2) is 4.35. The number of nitrogens with zero attached hydrogens (tertiary/aromatic N) is 1. The van der Waals surface area contributed by atoms with Crippen LogP contribution in [0.5, 0.6) is 0 Å². The van der Waals surface area contributed by atoms with Gasteiger partial charge in [0.15, 0.2) is 0 Å². The van der Waals surface area contributed by atoms with Crippen LogP contribution in [0.3, 0.4) is 0 Å². The SMILES string of the molecule is CCC#CC1=CN=CC(Br)C1. The van der Waals surface area contributed by atoms with E-state index in [2.05, 4.69) is 32.8 Å². The van der Waals surface area contributed by atoms with E-state index in [1.807, 2.05) is 19.3 Å². The van der Waals surface area contributed by atoms with Gasteiger partial charge in [-0.3, -0.25) is 4.99 Å². The highest BCUT2D eigenvalue weighted by atomic mass is 79.9. The summed E-state index contributed by atoms with van der Waals surface area (Å²) in [6.45, 7) is 2.05. The van der Waals surface area contributed by atoms with E-state index in [-0.39, 0.29) is 0 Å². The predicted octanol–water partition coefficient (Wildman–Crippen LogP) is 2.52. The molecule has 2 heteroatoms. The van der Waals surface area contributed by atoms with Gasteiger partial charge in [0.25, 0.3) is 0 Å². The first-order valence-electron chi connectivity index (χ1n) is 3.68. The van der Waals surface area contributed by atoms with E-state index in [9.17, 15) is 0 Å². The molecule has 0 aromatic carbocycles. The minimum Gasteiger partial charge on any atom is -0.267 e. The third-order valence-electron chi connectivity index (χ3n) is 1.32. The van der Waals surface area contributed by atoms with Crippen LogP contribution < -0.4 is 0 Å². The summed E-state index contributed by atoms with van der Waals surface area (Å²) in [7, 11) is 0. The average molecular weight is 212 g/mol. The van der Waals surface area contributed by atoms with E-state index in [0.717, 1.165) is 18.4 Å². The van der Waals surface area contributed by atoms with Gasteiger partial charge in [-0.15, -0.1) is 0 Å². The second-order valence-electron chi connectivity index (χ2n) is 2.33. The minimum absolute atomic E-state index is 0.369. The molecular weight excluding hydrogens is 202 g/mol. The van der Waals surface area contributed by atoms with Crippen molar-refractivity contribution in [3.05, 3.63) is 11.8 Å². The molecule has 0 spiro atoms. The molecule has 1 aliphatic rings. The van der Waals surface area contributed by atoms with Crippen LogP contribution in [-0.2, 0) is 0 Å². The number of hydrogen-bond acceptors (Lipinski definition) is 1. The van der Waals surface area contributed by atoms with Crippen LogP contribution in [0, 0.1) is 11.8 Å². The van der Waals surface area contributed by atoms with Crippen LogP contribution in [0.1, 0.15) is 19.8 Å².